The van der Waals surface area contributed by atoms with Crippen LogP contribution in [0.4, 0.5) is 0 Å². The van der Waals surface area contributed by atoms with Crippen molar-refractivity contribution in [2.45, 2.75) is 24.8 Å². The van der Waals surface area contributed by atoms with E-state index in [4.69, 9.17) is 9.26 Å². The summed E-state index contributed by atoms with van der Waals surface area (Å²) in [4.78, 5) is 4.63. The van der Waals surface area contributed by atoms with E-state index < -0.39 is 16.1 Å². The minimum absolute atomic E-state index is 0.103. The van der Waals surface area contributed by atoms with Gasteiger partial charge >= 0.3 is 0 Å². The van der Waals surface area contributed by atoms with Crippen molar-refractivity contribution < 1.29 is 17.7 Å². The number of aryl methyl sites for hydroxylation is 2. The van der Waals surface area contributed by atoms with E-state index in [9.17, 15) is 8.42 Å². The lowest BCUT2D eigenvalue weighted by Crippen LogP contribution is -2.42. The van der Waals surface area contributed by atoms with Gasteiger partial charge in [-0.05, 0) is 19.4 Å². The Balaban J connectivity index is 1.58. The van der Waals surface area contributed by atoms with Gasteiger partial charge in [-0.1, -0.05) is 29.4 Å². The lowest BCUT2D eigenvalue weighted by molar-refractivity contribution is -0.0199. The number of sulfonamides is 1. The molecule has 10 heteroatoms. The van der Waals surface area contributed by atoms with Crippen molar-refractivity contribution in [3.8, 4) is 11.4 Å². The van der Waals surface area contributed by atoms with Crippen LogP contribution < -0.4 is 0 Å². The molecule has 1 aliphatic rings. The summed E-state index contributed by atoms with van der Waals surface area (Å²) in [5.74, 6) is 0.723. The lowest BCUT2D eigenvalue weighted by atomic mass is 10.1. The third kappa shape index (κ3) is 3.23. The van der Waals surface area contributed by atoms with Crippen molar-refractivity contribution >= 4 is 10.0 Å². The summed E-state index contributed by atoms with van der Waals surface area (Å²) >= 11 is 0. The Morgan fingerprint density at radius 3 is 2.71 bits per heavy atom. The zero-order valence-corrected chi connectivity index (χ0v) is 16.7. The SMILES string of the molecule is Cc1ccccc1-c1noc(C2CN(S(=O)(=O)c3cnn(C)c3C)CCO2)n1. The maximum absolute atomic E-state index is 13.0. The minimum atomic E-state index is -3.68. The molecule has 3 aromatic rings. The van der Waals surface area contributed by atoms with Gasteiger partial charge in [0.05, 0.1) is 18.5 Å². The highest BCUT2D eigenvalue weighted by Gasteiger charge is 2.35. The number of hydrogen-bond acceptors (Lipinski definition) is 7. The maximum atomic E-state index is 13.0. The first-order valence-corrected chi connectivity index (χ1v) is 10.3. The third-order valence-electron chi connectivity index (χ3n) is 4.94. The van der Waals surface area contributed by atoms with E-state index in [2.05, 4.69) is 15.2 Å². The third-order valence-corrected chi connectivity index (χ3v) is 6.91. The molecular formula is C18H21N5O4S. The Kier molecular flexibility index (Phi) is 4.77. The van der Waals surface area contributed by atoms with Crippen LogP contribution >= 0.6 is 0 Å². The Morgan fingerprint density at radius 1 is 1.21 bits per heavy atom. The molecule has 1 fully saturated rings. The van der Waals surface area contributed by atoms with Gasteiger partial charge < -0.3 is 9.26 Å². The highest BCUT2D eigenvalue weighted by molar-refractivity contribution is 7.89. The summed E-state index contributed by atoms with van der Waals surface area (Å²) in [6.07, 6.45) is 0.753. The first-order chi connectivity index (χ1) is 13.4. The molecule has 0 N–H and O–H groups in total. The number of aromatic nitrogens is 4. The van der Waals surface area contributed by atoms with Gasteiger partial charge in [0.1, 0.15) is 4.90 Å². The summed E-state index contributed by atoms with van der Waals surface area (Å²) < 4.78 is 40.1. The van der Waals surface area contributed by atoms with E-state index in [0.717, 1.165) is 11.1 Å². The van der Waals surface area contributed by atoms with Crippen LogP contribution in [0.1, 0.15) is 23.3 Å². The van der Waals surface area contributed by atoms with E-state index in [1.54, 1.807) is 14.0 Å². The molecule has 28 heavy (non-hydrogen) atoms. The zero-order valence-electron chi connectivity index (χ0n) is 15.9. The van der Waals surface area contributed by atoms with Gasteiger partial charge in [0.25, 0.3) is 5.89 Å². The monoisotopic (exact) mass is 403 g/mol. The molecule has 0 radical (unpaired) electrons. The van der Waals surface area contributed by atoms with Crippen LogP contribution in [0.25, 0.3) is 11.4 Å². The predicted molar refractivity (Wildman–Crippen MR) is 99.9 cm³/mol. The highest BCUT2D eigenvalue weighted by Crippen LogP contribution is 2.28. The van der Waals surface area contributed by atoms with Gasteiger partial charge in [0, 0.05) is 25.7 Å². The van der Waals surface area contributed by atoms with Crippen LogP contribution in [0.15, 0.2) is 39.9 Å². The standard InChI is InChI=1S/C18H21N5O4S/c1-12-6-4-5-7-14(12)17-20-18(27-21-17)15-11-23(8-9-26-15)28(24,25)16-10-19-22(3)13(16)2/h4-7,10,15H,8-9,11H2,1-3H3. The molecular weight excluding hydrogens is 382 g/mol. The van der Waals surface area contributed by atoms with Crippen molar-refractivity contribution in [3.63, 3.8) is 0 Å². The average Bonchev–Trinajstić information content (AvgIpc) is 3.30. The number of morpholine rings is 1. The second kappa shape index (κ2) is 7.12. The largest absolute Gasteiger partial charge is 0.366 e. The molecule has 3 heterocycles. The quantitative estimate of drug-likeness (QED) is 0.655. The van der Waals surface area contributed by atoms with Gasteiger partial charge in [-0.25, -0.2) is 8.42 Å². The molecule has 0 spiro atoms. The van der Waals surface area contributed by atoms with Gasteiger partial charge in [-0.3, -0.25) is 4.68 Å². The summed E-state index contributed by atoms with van der Waals surface area (Å²) in [6, 6.07) is 7.72. The van der Waals surface area contributed by atoms with Crippen LogP contribution in [-0.4, -0.2) is 52.3 Å². The Morgan fingerprint density at radius 2 is 2.00 bits per heavy atom. The van der Waals surface area contributed by atoms with Crippen molar-refractivity contribution in [2.75, 3.05) is 19.7 Å². The maximum Gasteiger partial charge on any atom is 0.257 e. The first-order valence-electron chi connectivity index (χ1n) is 8.88. The van der Waals surface area contributed by atoms with E-state index in [1.807, 2.05) is 31.2 Å². The van der Waals surface area contributed by atoms with Crippen molar-refractivity contribution in [1.82, 2.24) is 24.2 Å². The number of ether oxygens (including phenoxy) is 1. The van der Waals surface area contributed by atoms with Crippen LogP contribution in [0.2, 0.25) is 0 Å². The molecule has 0 amide bonds. The normalized spacial score (nSPS) is 18.5. The minimum Gasteiger partial charge on any atom is -0.366 e. The molecule has 1 aromatic carbocycles. The number of nitrogens with zero attached hydrogens (tertiary/aromatic N) is 5. The fraction of sp³-hybridized carbons (Fsp3) is 0.389. The van der Waals surface area contributed by atoms with Crippen LogP contribution in [-0.2, 0) is 21.8 Å². The van der Waals surface area contributed by atoms with Crippen molar-refractivity contribution in [2.24, 2.45) is 7.05 Å². The fourth-order valence-electron chi connectivity index (χ4n) is 3.16. The predicted octanol–water partition coefficient (Wildman–Crippen LogP) is 1.85. The molecule has 1 atom stereocenters. The Labute approximate surface area is 163 Å². The fourth-order valence-corrected chi connectivity index (χ4v) is 4.77. The van der Waals surface area contributed by atoms with Crippen molar-refractivity contribution in [3.05, 3.63) is 47.6 Å². The van der Waals surface area contributed by atoms with Gasteiger partial charge in [-0.15, -0.1) is 0 Å². The summed E-state index contributed by atoms with van der Waals surface area (Å²) in [6.45, 7) is 4.29. The molecule has 9 nitrogen and oxygen atoms in total. The lowest BCUT2D eigenvalue weighted by Gasteiger charge is -2.30. The highest BCUT2D eigenvalue weighted by atomic mass is 32.2. The van der Waals surface area contributed by atoms with E-state index in [0.29, 0.717) is 11.5 Å². The zero-order chi connectivity index (χ0) is 19.9. The van der Waals surface area contributed by atoms with Crippen LogP contribution in [0.3, 0.4) is 0 Å². The second-order valence-corrected chi connectivity index (χ2v) is 8.62. The summed E-state index contributed by atoms with van der Waals surface area (Å²) in [5, 5.41) is 8.08. The number of benzene rings is 1. The van der Waals surface area contributed by atoms with E-state index >= 15 is 0 Å². The average molecular weight is 403 g/mol. The molecule has 1 saturated heterocycles. The smallest absolute Gasteiger partial charge is 0.257 e. The van der Waals surface area contributed by atoms with Gasteiger partial charge in [0.2, 0.25) is 15.8 Å². The van der Waals surface area contributed by atoms with Gasteiger partial charge in [0.15, 0.2) is 6.10 Å². The molecule has 0 saturated carbocycles. The van der Waals surface area contributed by atoms with E-state index in [1.165, 1.54) is 15.2 Å². The molecule has 0 bridgehead atoms. The molecule has 1 unspecified atom stereocenters. The van der Waals surface area contributed by atoms with Crippen molar-refractivity contribution in [1.29, 1.82) is 0 Å². The number of rotatable bonds is 4. The van der Waals surface area contributed by atoms with Crippen LogP contribution in [0, 0.1) is 13.8 Å². The van der Waals surface area contributed by atoms with Crippen LogP contribution in [0.5, 0.6) is 0 Å². The summed E-state index contributed by atoms with van der Waals surface area (Å²) in [5.41, 5.74) is 2.47. The second-order valence-electron chi connectivity index (χ2n) is 6.71. The van der Waals surface area contributed by atoms with E-state index in [-0.39, 0.29) is 30.5 Å². The Bertz CT molecular complexity index is 1100. The molecule has 1 aliphatic heterocycles. The molecule has 148 valence electrons. The molecule has 2 aromatic heterocycles. The Hall–Kier alpha value is -2.56. The van der Waals surface area contributed by atoms with Gasteiger partial charge in [-0.2, -0.15) is 14.4 Å². The number of hydrogen-bond donors (Lipinski definition) is 0. The molecule has 4 rings (SSSR count). The molecule has 0 aliphatic carbocycles. The first kappa shape index (κ1) is 18.8. The summed E-state index contributed by atoms with van der Waals surface area (Å²) in [7, 11) is -1.97. The topological polar surface area (TPSA) is 103 Å².